The van der Waals surface area contributed by atoms with Crippen LogP contribution in [0.2, 0.25) is 0 Å². The fraction of sp³-hybridized carbons (Fsp3) is 0.500. The van der Waals surface area contributed by atoms with Crippen LogP contribution in [-0.2, 0) is 4.74 Å². The smallest absolute Gasteiger partial charge is 0.349 e. The van der Waals surface area contributed by atoms with Crippen LogP contribution in [0.15, 0.2) is 33.5 Å². The lowest BCUT2D eigenvalue weighted by Crippen LogP contribution is -2.38. The molecule has 7 nitrogen and oxygen atoms in total. The van der Waals surface area contributed by atoms with E-state index in [1.165, 1.54) is 0 Å². The first-order chi connectivity index (χ1) is 13.2. The van der Waals surface area contributed by atoms with E-state index in [9.17, 15) is 9.59 Å². The van der Waals surface area contributed by atoms with Crippen molar-refractivity contribution in [3.63, 3.8) is 0 Å². The summed E-state index contributed by atoms with van der Waals surface area (Å²) in [5.74, 6) is 0.242. The lowest BCUT2D eigenvalue weighted by molar-refractivity contribution is 0.0374. The molecule has 1 saturated heterocycles. The van der Waals surface area contributed by atoms with Gasteiger partial charge in [0.05, 0.1) is 19.8 Å². The Balaban J connectivity index is 1.58. The zero-order valence-electron chi connectivity index (χ0n) is 15.7. The van der Waals surface area contributed by atoms with Crippen LogP contribution in [0, 0.1) is 0 Å². The number of amides is 1. The second-order valence-electron chi connectivity index (χ2n) is 6.56. The summed E-state index contributed by atoms with van der Waals surface area (Å²) in [7, 11) is 0. The molecule has 1 aliphatic rings. The molecule has 0 unspecified atom stereocenters. The average molecular weight is 374 g/mol. The second kappa shape index (κ2) is 9.53. The molecule has 7 heteroatoms. The van der Waals surface area contributed by atoms with Gasteiger partial charge in [-0.15, -0.1) is 0 Å². The first-order valence-electron chi connectivity index (χ1n) is 9.46. The minimum atomic E-state index is -0.638. The fourth-order valence-electron chi connectivity index (χ4n) is 2.98. The number of rotatable bonds is 8. The number of hydrogen-bond donors (Lipinski definition) is 1. The molecule has 27 heavy (non-hydrogen) atoms. The van der Waals surface area contributed by atoms with Crippen LogP contribution in [0.5, 0.6) is 5.75 Å². The molecule has 146 valence electrons. The Morgan fingerprint density at radius 3 is 2.85 bits per heavy atom. The van der Waals surface area contributed by atoms with Gasteiger partial charge in [-0.3, -0.25) is 9.69 Å². The van der Waals surface area contributed by atoms with Gasteiger partial charge in [0.25, 0.3) is 5.91 Å². The number of carbonyl (C=O) groups is 1. The third-order valence-corrected chi connectivity index (χ3v) is 4.47. The highest BCUT2D eigenvalue weighted by molar-refractivity contribution is 5.96. The summed E-state index contributed by atoms with van der Waals surface area (Å²) in [6.45, 7) is 7.39. The normalized spacial score (nSPS) is 15.0. The molecule has 0 spiro atoms. The molecular formula is C20H26N2O5. The summed E-state index contributed by atoms with van der Waals surface area (Å²) in [6.07, 6.45) is 1.72. The molecule has 0 aliphatic carbocycles. The van der Waals surface area contributed by atoms with Gasteiger partial charge in [0.15, 0.2) is 0 Å². The van der Waals surface area contributed by atoms with Gasteiger partial charge in [0.1, 0.15) is 16.9 Å². The highest BCUT2D eigenvalue weighted by atomic mass is 16.5. The highest BCUT2D eigenvalue weighted by Gasteiger charge is 2.14. The predicted molar refractivity (Wildman–Crippen MR) is 102 cm³/mol. The van der Waals surface area contributed by atoms with Crippen LogP contribution in [0.1, 0.15) is 30.1 Å². The van der Waals surface area contributed by atoms with Crippen LogP contribution >= 0.6 is 0 Å². The Kier molecular flexibility index (Phi) is 6.84. The molecule has 0 radical (unpaired) electrons. The maximum absolute atomic E-state index is 12.3. The highest BCUT2D eigenvalue weighted by Crippen LogP contribution is 2.20. The van der Waals surface area contributed by atoms with E-state index < -0.39 is 11.5 Å². The molecule has 0 atom stereocenters. The molecule has 2 aromatic rings. The fourth-order valence-corrected chi connectivity index (χ4v) is 2.98. The molecular weight excluding hydrogens is 348 g/mol. The van der Waals surface area contributed by atoms with E-state index in [0.29, 0.717) is 29.9 Å². The quantitative estimate of drug-likeness (QED) is 0.563. The van der Waals surface area contributed by atoms with Crippen LogP contribution in [0.25, 0.3) is 11.0 Å². The maximum Gasteiger partial charge on any atom is 0.349 e. The number of ether oxygens (including phenoxy) is 2. The lowest BCUT2D eigenvalue weighted by atomic mass is 10.1. The van der Waals surface area contributed by atoms with Crippen LogP contribution in [0.4, 0.5) is 0 Å². The zero-order valence-corrected chi connectivity index (χ0v) is 15.7. The monoisotopic (exact) mass is 374 g/mol. The van der Waals surface area contributed by atoms with Gasteiger partial charge in [-0.25, -0.2) is 4.79 Å². The number of hydrogen-bond acceptors (Lipinski definition) is 6. The van der Waals surface area contributed by atoms with Gasteiger partial charge in [-0.05, 0) is 37.6 Å². The molecule has 1 aromatic heterocycles. The number of nitrogens with one attached hydrogen (secondary N) is 1. The molecule has 1 aromatic carbocycles. The zero-order chi connectivity index (χ0) is 19.1. The first-order valence-corrected chi connectivity index (χ1v) is 9.46. The Bertz CT molecular complexity index is 827. The van der Waals surface area contributed by atoms with Crippen LogP contribution in [0.3, 0.4) is 0 Å². The lowest BCUT2D eigenvalue weighted by Gasteiger charge is -2.26. The van der Waals surface area contributed by atoms with Crippen LogP contribution < -0.4 is 15.7 Å². The van der Waals surface area contributed by atoms with Crippen molar-refractivity contribution in [2.24, 2.45) is 0 Å². The van der Waals surface area contributed by atoms with E-state index in [0.717, 1.165) is 45.7 Å². The van der Waals surface area contributed by atoms with Gasteiger partial charge >= 0.3 is 5.63 Å². The molecule has 1 N–H and O–H groups in total. The number of benzene rings is 1. The van der Waals surface area contributed by atoms with E-state index in [4.69, 9.17) is 13.9 Å². The summed E-state index contributed by atoms with van der Waals surface area (Å²) >= 11 is 0. The van der Waals surface area contributed by atoms with Gasteiger partial charge in [-0.1, -0.05) is 6.92 Å². The van der Waals surface area contributed by atoms with Crippen molar-refractivity contribution in [1.82, 2.24) is 10.2 Å². The van der Waals surface area contributed by atoms with E-state index >= 15 is 0 Å². The van der Waals surface area contributed by atoms with Crippen molar-refractivity contribution >= 4 is 16.9 Å². The summed E-state index contributed by atoms with van der Waals surface area (Å²) in [5.41, 5.74) is -0.200. The Morgan fingerprint density at radius 2 is 2.07 bits per heavy atom. The van der Waals surface area contributed by atoms with Gasteiger partial charge in [-0.2, -0.15) is 0 Å². The summed E-state index contributed by atoms with van der Waals surface area (Å²) < 4.78 is 16.2. The Labute approximate surface area is 158 Å². The van der Waals surface area contributed by atoms with E-state index in [1.807, 2.05) is 13.0 Å². The number of nitrogens with zero attached hydrogens (tertiary/aromatic N) is 1. The van der Waals surface area contributed by atoms with Gasteiger partial charge < -0.3 is 19.2 Å². The molecule has 0 saturated carbocycles. The van der Waals surface area contributed by atoms with Crippen molar-refractivity contribution in [2.75, 3.05) is 46.0 Å². The van der Waals surface area contributed by atoms with E-state index in [2.05, 4.69) is 10.2 Å². The molecule has 0 bridgehead atoms. The summed E-state index contributed by atoms with van der Waals surface area (Å²) in [5, 5.41) is 3.49. The topological polar surface area (TPSA) is 81.0 Å². The standard InChI is InChI=1S/C20H26N2O5/c1-2-10-26-16-5-4-15-13-17(20(24)27-18(15)14-16)19(23)21-6-3-7-22-8-11-25-12-9-22/h4-5,13-14H,2-3,6-12H2,1H3,(H,21,23). The van der Waals surface area contributed by atoms with Crippen molar-refractivity contribution in [2.45, 2.75) is 19.8 Å². The van der Waals surface area contributed by atoms with Crippen molar-refractivity contribution in [3.8, 4) is 5.75 Å². The largest absolute Gasteiger partial charge is 0.493 e. The molecule has 2 heterocycles. The van der Waals surface area contributed by atoms with Gasteiger partial charge in [0, 0.05) is 31.1 Å². The maximum atomic E-state index is 12.3. The van der Waals surface area contributed by atoms with E-state index in [1.54, 1.807) is 18.2 Å². The Morgan fingerprint density at radius 1 is 1.26 bits per heavy atom. The molecule has 1 fully saturated rings. The van der Waals surface area contributed by atoms with Crippen molar-refractivity contribution < 1.29 is 18.7 Å². The second-order valence-corrected chi connectivity index (χ2v) is 6.56. The Hall–Kier alpha value is -2.38. The predicted octanol–water partition coefficient (Wildman–Crippen LogP) is 2.03. The van der Waals surface area contributed by atoms with Crippen LogP contribution in [-0.4, -0.2) is 56.8 Å². The molecule has 3 rings (SSSR count). The van der Waals surface area contributed by atoms with E-state index in [-0.39, 0.29) is 5.56 Å². The van der Waals surface area contributed by atoms with Crippen molar-refractivity contribution in [3.05, 3.63) is 40.2 Å². The van der Waals surface area contributed by atoms with Crippen molar-refractivity contribution in [1.29, 1.82) is 0 Å². The summed E-state index contributed by atoms with van der Waals surface area (Å²) in [4.78, 5) is 26.8. The van der Waals surface area contributed by atoms with Gasteiger partial charge in [0.2, 0.25) is 0 Å². The SMILES string of the molecule is CCCOc1ccc2cc(C(=O)NCCCN3CCOCC3)c(=O)oc2c1. The average Bonchev–Trinajstić information content (AvgIpc) is 2.69. The minimum Gasteiger partial charge on any atom is -0.493 e. The number of carbonyl (C=O) groups excluding carboxylic acids is 1. The third kappa shape index (κ3) is 5.30. The minimum absolute atomic E-state index is 0.0242. The number of fused-ring (bicyclic) bond motifs is 1. The molecule has 1 amide bonds. The molecule has 1 aliphatic heterocycles. The number of morpholine rings is 1. The summed E-state index contributed by atoms with van der Waals surface area (Å²) in [6, 6.07) is 6.85. The third-order valence-electron chi connectivity index (χ3n) is 4.47. The first kappa shape index (κ1) is 19.4.